The maximum absolute atomic E-state index is 13.1. The molecular weight excluding hydrogens is 452 g/mol. The zero-order chi connectivity index (χ0) is 21.7. The average Bonchev–Trinajstić information content (AvgIpc) is 2.75. The molecule has 1 amide bonds. The van der Waals surface area contributed by atoms with E-state index in [0.717, 1.165) is 10.2 Å². The van der Waals surface area contributed by atoms with E-state index in [0.29, 0.717) is 43.3 Å². The van der Waals surface area contributed by atoms with E-state index >= 15 is 0 Å². The molecule has 0 aromatic heterocycles. The lowest BCUT2D eigenvalue weighted by Gasteiger charge is -2.32. The molecule has 7 nitrogen and oxygen atoms in total. The third-order valence-corrected chi connectivity index (χ3v) is 5.28. The van der Waals surface area contributed by atoms with Crippen molar-refractivity contribution in [3.05, 3.63) is 52.5 Å². The summed E-state index contributed by atoms with van der Waals surface area (Å²) in [6.07, 6.45) is 0. The van der Waals surface area contributed by atoms with Crippen LogP contribution in [0.3, 0.4) is 0 Å². The molecular formula is C22H25BrN2O5. The standard InChI is InChI=1S/C22H25BrN2O5/c1-22(2,30-17-7-5-16(23)6-8-17)21(27)24-18-14-15(20(26)28-3)4-9-19(18)25-10-12-29-13-11-25/h4-9,14H,10-13H2,1-3H3,(H,24,27). The van der Waals surface area contributed by atoms with Gasteiger partial charge in [0.1, 0.15) is 5.75 Å². The van der Waals surface area contributed by atoms with Crippen LogP contribution in [0.4, 0.5) is 11.4 Å². The Bertz CT molecular complexity index is 908. The summed E-state index contributed by atoms with van der Waals surface area (Å²) in [7, 11) is 1.33. The van der Waals surface area contributed by atoms with Gasteiger partial charge in [-0.05, 0) is 56.3 Å². The Balaban J connectivity index is 1.85. The fraction of sp³-hybridized carbons (Fsp3) is 0.364. The minimum Gasteiger partial charge on any atom is -0.478 e. The van der Waals surface area contributed by atoms with Gasteiger partial charge in [0.25, 0.3) is 5.91 Å². The number of hydrogen-bond acceptors (Lipinski definition) is 6. The Labute approximate surface area is 184 Å². The fourth-order valence-electron chi connectivity index (χ4n) is 3.08. The van der Waals surface area contributed by atoms with E-state index in [4.69, 9.17) is 14.2 Å². The molecule has 1 aliphatic heterocycles. The van der Waals surface area contributed by atoms with Crippen LogP contribution in [0.5, 0.6) is 5.75 Å². The van der Waals surface area contributed by atoms with Crippen LogP contribution < -0.4 is 15.0 Å². The number of methoxy groups -OCH3 is 1. The SMILES string of the molecule is COC(=O)c1ccc(N2CCOCC2)c(NC(=O)C(C)(C)Oc2ccc(Br)cc2)c1. The van der Waals surface area contributed by atoms with Crippen molar-refractivity contribution in [3.8, 4) is 5.75 Å². The molecule has 1 fully saturated rings. The highest BCUT2D eigenvalue weighted by atomic mass is 79.9. The molecule has 0 spiro atoms. The summed E-state index contributed by atoms with van der Waals surface area (Å²) in [5.74, 6) is -0.221. The van der Waals surface area contributed by atoms with Crippen LogP contribution in [0.1, 0.15) is 24.2 Å². The summed E-state index contributed by atoms with van der Waals surface area (Å²) < 4.78 is 17.1. The second-order valence-electron chi connectivity index (χ2n) is 7.34. The largest absolute Gasteiger partial charge is 0.478 e. The average molecular weight is 477 g/mol. The van der Waals surface area contributed by atoms with Gasteiger partial charge in [0.15, 0.2) is 5.60 Å². The number of benzene rings is 2. The Morgan fingerprint density at radius 2 is 1.77 bits per heavy atom. The van der Waals surface area contributed by atoms with E-state index in [2.05, 4.69) is 26.1 Å². The molecule has 0 bridgehead atoms. The van der Waals surface area contributed by atoms with E-state index in [1.807, 2.05) is 18.2 Å². The molecule has 1 heterocycles. The number of ether oxygens (including phenoxy) is 3. The maximum atomic E-state index is 13.1. The highest BCUT2D eigenvalue weighted by Gasteiger charge is 2.31. The molecule has 30 heavy (non-hydrogen) atoms. The molecule has 1 aliphatic rings. The van der Waals surface area contributed by atoms with Gasteiger partial charge >= 0.3 is 5.97 Å². The van der Waals surface area contributed by atoms with Crippen LogP contribution in [0, 0.1) is 0 Å². The Hall–Kier alpha value is -2.58. The molecule has 0 unspecified atom stereocenters. The van der Waals surface area contributed by atoms with Gasteiger partial charge in [-0.3, -0.25) is 4.79 Å². The van der Waals surface area contributed by atoms with Gasteiger partial charge in [-0.2, -0.15) is 0 Å². The van der Waals surface area contributed by atoms with Crippen LogP contribution in [-0.2, 0) is 14.3 Å². The van der Waals surface area contributed by atoms with E-state index in [-0.39, 0.29) is 5.91 Å². The number of nitrogens with zero attached hydrogens (tertiary/aromatic N) is 1. The lowest BCUT2D eigenvalue weighted by molar-refractivity contribution is -0.128. The van der Waals surface area contributed by atoms with Crippen LogP contribution in [-0.4, -0.2) is 50.9 Å². The Morgan fingerprint density at radius 1 is 1.10 bits per heavy atom. The number of amides is 1. The summed E-state index contributed by atoms with van der Waals surface area (Å²) in [5, 5.41) is 2.94. The quantitative estimate of drug-likeness (QED) is 0.637. The van der Waals surface area contributed by atoms with E-state index < -0.39 is 11.6 Å². The first kappa shape index (κ1) is 22.1. The van der Waals surface area contributed by atoms with Crippen LogP contribution in [0.15, 0.2) is 46.9 Å². The van der Waals surface area contributed by atoms with Gasteiger partial charge in [0.05, 0.1) is 37.3 Å². The Kier molecular flexibility index (Phi) is 6.99. The van der Waals surface area contributed by atoms with Gasteiger partial charge in [-0.15, -0.1) is 0 Å². The van der Waals surface area contributed by atoms with E-state index in [9.17, 15) is 9.59 Å². The summed E-state index contributed by atoms with van der Waals surface area (Å²) >= 11 is 3.38. The number of nitrogens with one attached hydrogen (secondary N) is 1. The highest BCUT2D eigenvalue weighted by Crippen LogP contribution is 2.30. The lowest BCUT2D eigenvalue weighted by atomic mass is 10.1. The minimum atomic E-state index is -1.14. The zero-order valence-corrected chi connectivity index (χ0v) is 18.8. The first-order valence-corrected chi connectivity index (χ1v) is 10.4. The first-order chi connectivity index (χ1) is 14.3. The smallest absolute Gasteiger partial charge is 0.337 e. The van der Waals surface area contributed by atoms with Crippen molar-refractivity contribution in [1.82, 2.24) is 0 Å². The van der Waals surface area contributed by atoms with Gasteiger partial charge < -0.3 is 24.4 Å². The molecule has 160 valence electrons. The molecule has 1 N–H and O–H groups in total. The van der Waals surface area contributed by atoms with Crippen molar-refractivity contribution in [2.75, 3.05) is 43.6 Å². The van der Waals surface area contributed by atoms with E-state index in [1.54, 1.807) is 38.1 Å². The van der Waals surface area contributed by atoms with Gasteiger partial charge in [0, 0.05) is 17.6 Å². The van der Waals surface area contributed by atoms with Crippen molar-refractivity contribution in [2.24, 2.45) is 0 Å². The molecule has 3 rings (SSSR count). The predicted octanol–water partition coefficient (Wildman–Crippen LogP) is 3.87. The number of esters is 1. The Morgan fingerprint density at radius 3 is 2.40 bits per heavy atom. The molecule has 0 atom stereocenters. The van der Waals surface area contributed by atoms with Crippen molar-refractivity contribution < 1.29 is 23.8 Å². The number of morpholine rings is 1. The maximum Gasteiger partial charge on any atom is 0.337 e. The predicted molar refractivity (Wildman–Crippen MR) is 118 cm³/mol. The molecule has 0 radical (unpaired) electrons. The highest BCUT2D eigenvalue weighted by molar-refractivity contribution is 9.10. The summed E-state index contributed by atoms with van der Waals surface area (Å²) in [6.45, 7) is 5.99. The second kappa shape index (κ2) is 9.49. The van der Waals surface area contributed by atoms with Crippen molar-refractivity contribution in [3.63, 3.8) is 0 Å². The van der Waals surface area contributed by atoms with Crippen molar-refractivity contribution in [2.45, 2.75) is 19.4 Å². The first-order valence-electron chi connectivity index (χ1n) is 9.61. The summed E-state index contributed by atoms with van der Waals surface area (Å²) in [5.41, 5.74) is 0.560. The number of carbonyl (C=O) groups excluding carboxylic acids is 2. The molecule has 8 heteroatoms. The fourth-order valence-corrected chi connectivity index (χ4v) is 3.34. The topological polar surface area (TPSA) is 77.1 Å². The van der Waals surface area contributed by atoms with Crippen molar-refractivity contribution in [1.29, 1.82) is 0 Å². The van der Waals surface area contributed by atoms with E-state index in [1.165, 1.54) is 7.11 Å². The normalized spacial score (nSPS) is 14.2. The number of hydrogen-bond donors (Lipinski definition) is 1. The number of anilines is 2. The summed E-state index contributed by atoms with van der Waals surface area (Å²) in [4.78, 5) is 27.2. The lowest BCUT2D eigenvalue weighted by Crippen LogP contribution is -2.43. The second-order valence-corrected chi connectivity index (χ2v) is 8.26. The molecule has 0 aliphatic carbocycles. The van der Waals surface area contributed by atoms with Crippen molar-refractivity contribution >= 4 is 39.2 Å². The number of carbonyl (C=O) groups is 2. The van der Waals surface area contributed by atoms with Crippen LogP contribution in [0.2, 0.25) is 0 Å². The van der Waals surface area contributed by atoms with Crippen LogP contribution in [0.25, 0.3) is 0 Å². The number of rotatable bonds is 6. The monoisotopic (exact) mass is 476 g/mol. The summed E-state index contributed by atoms with van der Waals surface area (Å²) in [6, 6.07) is 12.4. The third kappa shape index (κ3) is 5.31. The van der Waals surface area contributed by atoms with Gasteiger partial charge in [0.2, 0.25) is 0 Å². The molecule has 0 saturated carbocycles. The zero-order valence-electron chi connectivity index (χ0n) is 17.2. The molecule has 1 saturated heterocycles. The van der Waals surface area contributed by atoms with Crippen LogP contribution >= 0.6 is 15.9 Å². The van der Waals surface area contributed by atoms with Gasteiger partial charge in [-0.25, -0.2) is 4.79 Å². The molecule has 2 aromatic rings. The molecule has 2 aromatic carbocycles. The van der Waals surface area contributed by atoms with Gasteiger partial charge in [-0.1, -0.05) is 15.9 Å². The third-order valence-electron chi connectivity index (χ3n) is 4.75. The minimum absolute atomic E-state index is 0.332. The number of halogens is 1.